The van der Waals surface area contributed by atoms with Crippen LogP contribution < -0.4 is 10.6 Å². The van der Waals surface area contributed by atoms with Gasteiger partial charge in [0.25, 0.3) is 0 Å². The highest BCUT2D eigenvalue weighted by Crippen LogP contribution is 2.38. The molecule has 0 spiro atoms. The van der Waals surface area contributed by atoms with Gasteiger partial charge in [-0.15, -0.1) is 11.3 Å². The van der Waals surface area contributed by atoms with Crippen molar-refractivity contribution in [3.63, 3.8) is 0 Å². The number of carbonyl (C=O) groups excluding carboxylic acids is 2. The lowest BCUT2D eigenvalue weighted by atomic mass is 9.95. The highest BCUT2D eigenvalue weighted by molar-refractivity contribution is 7.17. The van der Waals surface area contributed by atoms with Gasteiger partial charge in [0, 0.05) is 20.6 Å². The molecule has 0 fully saturated rings. The average Bonchev–Trinajstić information content (AvgIpc) is 2.91. The SMILES string of the molecule is CCOC(=O)c1c(NC(=O)Nc2cc(Cl)cc(Cl)c2)sc2c1CCCC2. The number of anilines is 2. The van der Waals surface area contributed by atoms with Gasteiger partial charge in [0.05, 0.1) is 12.2 Å². The molecule has 138 valence electrons. The molecule has 0 saturated carbocycles. The van der Waals surface area contributed by atoms with Crippen LogP contribution in [-0.2, 0) is 17.6 Å². The zero-order valence-electron chi connectivity index (χ0n) is 14.2. The number of thiophene rings is 1. The third kappa shape index (κ3) is 4.31. The largest absolute Gasteiger partial charge is 0.462 e. The van der Waals surface area contributed by atoms with Crippen LogP contribution in [0.1, 0.15) is 40.6 Å². The van der Waals surface area contributed by atoms with Gasteiger partial charge in [-0.1, -0.05) is 23.2 Å². The number of benzene rings is 1. The number of esters is 1. The Morgan fingerprint density at radius 1 is 1.12 bits per heavy atom. The molecule has 26 heavy (non-hydrogen) atoms. The van der Waals surface area contributed by atoms with E-state index in [1.165, 1.54) is 11.3 Å². The summed E-state index contributed by atoms with van der Waals surface area (Å²) in [4.78, 5) is 25.9. The molecule has 1 aromatic carbocycles. The monoisotopic (exact) mass is 412 g/mol. The van der Waals surface area contributed by atoms with Crippen LogP contribution in [-0.4, -0.2) is 18.6 Å². The number of halogens is 2. The van der Waals surface area contributed by atoms with E-state index in [2.05, 4.69) is 10.6 Å². The second-order valence-electron chi connectivity index (χ2n) is 5.87. The number of carbonyl (C=O) groups is 2. The van der Waals surface area contributed by atoms with Crippen molar-refractivity contribution in [1.29, 1.82) is 0 Å². The standard InChI is InChI=1S/C18H18Cl2N2O3S/c1-2-25-17(23)15-13-5-3-4-6-14(13)26-16(15)22-18(24)21-12-8-10(19)7-11(20)9-12/h7-9H,2-6H2,1H3,(H2,21,22,24). The lowest BCUT2D eigenvalue weighted by molar-refractivity contribution is 0.0526. The number of urea groups is 1. The summed E-state index contributed by atoms with van der Waals surface area (Å²) in [6, 6.07) is 4.31. The molecule has 0 unspecified atom stereocenters. The highest BCUT2D eigenvalue weighted by atomic mass is 35.5. The van der Waals surface area contributed by atoms with Crippen LogP contribution in [0.4, 0.5) is 15.5 Å². The molecule has 0 bridgehead atoms. The van der Waals surface area contributed by atoms with Crippen molar-refractivity contribution in [3.8, 4) is 0 Å². The number of ether oxygens (including phenoxy) is 1. The van der Waals surface area contributed by atoms with Gasteiger partial charge in [-0.2, -0.15) is 0 Å². The topological polar surface area (TPSA) is 67.4 Å². The Hall–Kier alpha value is -1.76. The minimum atomic E-state index is -0.465. The summed E-state index contributed by atoms with van der Waals surface area (Å²) < 4.78 is 5.19. The van der Waals surface area contributed by atoms with Gasteiger partial charge in [-0.25, -0.2) is 9.59 Å². The normalized spacial score (nSPS) is 13.0. The van der Waals surface area contributed by atoms with Gasteiger partial charge in [-0.05, 0) is 56.4 Å². The van der Waals surface area contributed by atoms with Crippen LogP contribution >= 0.6 is 34.5 Å². The van der Waals surface area contributed by atoms with E-state index in [1.807, 2.05) is 0 Å². The first kappa shape index (κ1) is 19.0. The van der Waals surface area contributed by atoms with Crippen LogP contribution in [0.3, 0.4) is 0 Å². The number of rotatable bonds is 4. The lowest BCUT2D eigenvalue weighted by Crippen LogP contribution is -2.21. The van der Waals surface area contributed by atoms with Crippen molar-refractivity contribution >= 4 is 57.2 Å². The smallest absolute Gasteiger partial charge is 0.341 e. The fourth-order valence-corrected chi connectivity index (χ4v) is 4.76. The Labute approximate surface area is 165 Å². The molecule has 1 aromatic heterocycles. The lowest BCUT2D eigenvalue weighted by Gasteiger charge is -2.12. The maximum Gasteiger partial charge on any atom is 0.341 e. The third-order valence-electron chi connectivity index (χ3n) is 4.00. The van der Waals surface area contributed by atoms with Gasteiger partial charge < -0.3 is 10.1 Å². The van der Waals surface area contributed by atoms with Gasteiger partial charge in [0.1, 0.15) is 5.00 Å². The summed E-state index contributed by atoms with van der Waals surface area (Å²) in [6.45, 7) is 2.05. The van der Waals surface area contributed by atoms with Crippen LogP contribution in [0, 0.1) is 0 Å². The van der Waals surface area contributed by atoms with Crippen molar-refractivity contribution in [1.82, 2.24) is 0 Å². The van der Waals surface area contributed by atoms with Crippen molar-refractivity contribution in [2.24, 2.45) is 0 Å². The second kappa shape index (κ2) is 8.29. The van der Waals surface area contributed by atoms with E-state index >= 15 is 0 Å². The van der Waals surface area contributed by atoms with E-state index in [1.54, 1.807) is 25.1 Å². The summed E-state index contributed by atoms with van der Waals surface area (Å²) in [5.74, 6) is -0.395. The number of fused-ring (bicyclic) bond motifs is 1. The summed E-state index contributed by atoms with van der Waals surface area (Å²) in [5.41, 5.74) is 1.95. The van der Waals surface area contributed by atoms with E-state index in [0.29, 0.717) is 26.3 Å². The molecule has 2 N–H and O–H groups in total. The van der Waals surface area contributed by atoms with Crippen LogP contribution in [0.2, 0.25) is 10.0 Å². The van der Waals surface area contributed by atoms with Gasteiger partial charge in [0.15, 0.2) is 0 Å². The molecule has 0 aliphatic heterocycles. The number of aryl methyl sites for hydroxylation is 1. The molecule has 1 heterocycles. The van der Waals surface area contributed by atoms with E-state index in [-0.39, 0.29) is 6.61 Å². The second-order valence-corrected chi connectivity index (χ2v) is 7.85. The van der Waals surface area contributed by atoms with Gasteiger partial charge in [-0.3, -0.25) is 5.32 Å². The predicted molar refractivity (Wildman–Crippen MR) is 106 cm³/mol. The molecular formula is C18H18Cl2N2O3S. The summed E-state index contributed by atoms with van der Waals surface area (Å²) in [7, 11) is 0. The minimum Gasteiger partial charge on any atom is -0.462 e. The average molecular weight is 413 g/mol. The maximum atomic E-state index is 12.4. The Morgan fingerprint density at radius 2 is 1.81 bits per heavy atom. The quantitative estimate of drug-likeness (QED) is 0.627. The third-order valence-corrected chi connectivity index (χ3v) is 5.64. The Morgan fingerprint density at radius 3 is 2.50 bits per heavy atom. The molecule has 1 aliphatic carbocycles. The number of amides is 2. The first-order valence-corrected chi connectivity index (χ1v) is 9.91. The van der Waals surface area contributed by atoms with Crippen LogP contribution in [0.15, 0.2) is 18.2 Å². The molecular weight excluding hydrogens is 395 g/mol. The molecule has 0 radical (unpaired) electrons. The molecule has 3 rings (SSSR count). The zero-order valence-corrected chi connectivity index (χ0v) is 16.5. The Balaban J connectivity index is 1.83. The molecule has 8 heteroatoms. The summed E-state index contributed by atoms with van der Waals surface area (Å²) >= 11 is 13.3. The van der Waals surface area contributed by atoms with E-state index in [4.69, 9.17) is 27.9 Å². The summed E-state index contributed by atoms with van der Waals surface area (Å²) in [6.07, 6.45) is 3.86. The van der Waals surface area contributed by atoms with Gasteiger partial charge >= 0.3 is 12.0 Å². The van der Waals surface area contributed by atoms with Crippen molar-refractivity contribution in [3.05, 3.63) is 44.2 Å². The highest BCUT2D eigenvalue weighted by Gasteiger charge is 2.27. The fraction of sp³-hybridized carbons (Fsp3) is 0.333. The van der Waals surface area contributed by atoms with Gasteiger partial charge in [0.2, 0.25) is 0 Å². The molecule has 0 saturated heterocycles. The van der Waals surface area contributed by atoms with Crippen molar-refractivity contribution in [2.75, 3.05) is 17.2 Å². The zero-order chi connectivity index (χ0) is 18.7. The van der Waals surface area contributed by atoms with Crippen molar-refractivity contribution < 1.29 is 14.3 Å². The summed E-state index contributed by atoms with van der Waals surface area (Å²) in [5, 5.41) is 6.82. The predicted octanol–water partition coefficient (Wildman–Crippen LogP) is 5.75. The Kier molecular flexibility index (Phi) is 6.06. The van der Waals surface area contributed by atoms with E-state index in [9.17, 15) is 9.59 Å². The number of hydrogen-bond donors (Lipinski definition) is 2. The fourth-order valence-electron chi connectivity index (χ4n) is 2.96. The number of hydrogen-bond acceptors (Lipinski definition) is 4. The Bertz CT molecular complexity index is 831. The van der Waals surface area contributed by atoms with Crippen LogP contribution in [0.25, 0.3) is 0 Å². The van der Waals surface area contributed by atoms with E-state index in [0.717, 1.165) is 36.1 Å². The molecule has 2 aromatic rings. The molecule has 0 atom stereocenters. The first-order chi connectivity index (χ1) is 12.5. The van der Waals surface area contributed by atoms with Crippen molar-refractivity contribution in [2.45, 2.75) is 32.6 Å². The molecule has 5 nitrogen and oxygen atoms in total. The molecule has 2 amide bonds. The molecule has 1 aliphatic rings. The minimum absolute atomic E-state index is 0.288. The first-order valence-electron chi connectivity index (χ1n) is 8.33. The number of nitrogens with one attached hydrogen (secondary N) is 2. The maximum absolute atomic E-state index is 12.4. The van der Waals surface area contributed by atoms with Crippen LogP contribution in [0.5, 0.6) is 0 Å². The van der Waals surface area contributed by atoms with E-state index < -0.39 is 12.0 Å².